The fourth-order valence-corrected chi connectivity index (χ4v) is 4.20. The number of hydrogen-bond acceptors (Lipinski definition) is 4. The molecule has 0 atom stereocenters. The van der Waals surface area contributed by atoms with E-state index in [2.05, 4.69) is 20.0 Å². The highest BCUT2D eigenvalue weighted by Gasteiger charge is 2.31. The molecule has 6 nitrogen and oxygen atoms in total. The van der Waals surface area contributed by atoms with Crippen LogP contribution in [0.4, 0.5) is 13.2 Å². The molecule has 0 unspecified atom stereocenters. The van der Waals surface area contributed by atoms with Gasteiger partial charge in [-0.05, 0) is 74.4 Å². The van der Waals surface area contributed by atoms with Crippen LogP contribution in [0, 0.1) is 12.8 Å². The number of aryl methyl sites for hydroxylation is 1. The van der Waals surface area contributed by atoms with Gasteiger partial charge in [0, 0.05) is 18.2 Å². The Hall–Kier alpha value is -3.23. The summed E-state index contributed by atoms with van der Waals surface area (Å²) in [5.74, 6) is 0.977. The molecule has 3 aromatic rings. The van der Waals surface area contributed by atoms with Crippen molar-refractivity contribution in [2.24, 2.45) is 5.92 Å². The Labute approximate surface area is 183 Å². The van der Waals surface area contributed by atoms with Gasteiger partial charge in [-0.3, -0.25) is 4.79 Å². The monoisotopic (exact) mass is 447 g/mol. The number of hydrogen-bond donors (Lipinski definition) is 2. The zero-order chi connectivity index (χ0) is 22.7. The first-order chi connectivity index (χ1) is 15.3. The molecule has 170 valence electrons. The lowest BCUT2D eigenvalue weighted by atomic mass is 9.82. The molecule has 0 spiro atoms. The zero-order valence-corrected chi connectivity index (χ0v) is 17.5. The number of aromatic amines is 1. The predicted molar refractivity (Wildman–Crippen MR) is 111 cm³/mol. The van der Waals surface area contributed by atoms with Crippen molar-refractivity contribution in [3.8, 4) is 17.0 Å². The lowest BCUT2D eigenvalue weighted by molar-refractivity contribution is -0.274. The SMILES string of the molecule is Cc1cc(C(=O)NCC2CCC(c3ncco3)CC2)c(-c2ccc(OC(F)(F)F)cc2)[nH]1. The molecule has 0 saturated heterocycles. The highest BCUT2D eigenvalue weighted by Crippen LogP contribution is 2.35. The minimum atomic E-state index is -4.75. The minimum Gasteiger partial charge on any atom is -0.449 e. The maximum absolute atomic E-state index is 12.9. The molecule has 1 aromatic carbocycles. The first-order valence-corrected chi connectivity index (χ1v) is 10.5. The molecule has 0 aliphatic heterocycles. The van der Waals surface area contributed by atoms with Crippen LogP contribution in [0.2, 0.25) is 0 Å². The normalized spacial score (nSPS) is 19.0. The molecule has 1 aliphatic carbocycles. The Morgan fingerprint density at radius 2 is 1.94 bits per heavy atom. The number of oxazole rings is 1. The van der Waals surface area contributed by atoms with Gasteiger partial charge in [-0.1, -0.05) is 0 Å². The Bertz CT molecular complexity index is 1030. The second-order valence-electron chi connectivity index (χ2n) is 8.11. The van der Waals surface area contributed by atoms with Gasteiger partial charge in [0.25, 0.3) is 5.91 Å². The highest BCUT2D eigenvalue weighted by atomic mass is 19.4. The average molecular weight is 447 g/mol. The fourth-order valence-electron chi connectivity index (χ4n) is 4.20. The predicted octanol–water partition coefficient (Wildman–Crippen LogP) is 5.58. The number of alkyl halides is 3. The molecular weight excluding hydrogens is 423 g/mol. The molecule has 4 rings (SSSR count). The van der Waals surface area contributed by atoms with E-state index in [1.807, 2.05) is 6.92 Å². The van der Waals surface area contributed by atoms with Crippen LogP contribution < -0.4 is 10.1 Å². The molecule has 0 bridgehead atoms. The summed E-state index contributed by atoms with van der Waals surface area (Å²) in [4.78, 5) is 20.2. The number of H-pyrrole nitrogens is 1. The van der Waals surface area contributed by atoms with Crippen molar-refractivity contribution >= 4 is 5.91 Å². The lowest BCUT2D eigenvalue weighted by Crippen LogP contribution is -2.31. The van der Waals surface area contributed by atoms with Crippen LogP contribution in [0.3, 0.4) is 0 Å². The fraction of sp³-hybridized carbons (Fsp3) is 0.391. The van der Waals surface area contributed by atoms with Gasteiger partial charge in [0.2, 0.25) is 0 Å². The number of rotatable bonds is 6. The molecule has 1 amide bonds. The summed E-state index contributed by atoms with van der Waals surface area (Å²) in [5.41, 5.74) is 2.41. The van der Waals surface area contributed by atoms with Crippen molar-refractivity contribution in [2.75, 3.05) is 6.54 Å². The third kappa shape index (κ3) is 5.33. The van der Waals surface area contributed by atoms with Crippen LogP contribution in [-0.2, 0) is 0 Å². The van der Waals surface area contributed by atoms with E-state index in [1.54, 1.807) is 18.5 Å². The largest absolute Gasteiger partial charge is 0.573 e. The first-order valence-electron chi connectivity index (χ1n) is 10.5. The van der Waals surface area contributed by atoms with E-state index >= 15 is 0 Å². The molecule has 2 heterocycles. The van der Waals surface area contributed by atoms with E-state index in [9.17, 15) is 18.0 Å². The summed E-state index contributed by atoms with van der Waals surface area (Å²) in [5, 5.41) is 3.01. The Balaban J connectivity index is 1.37. The number of halogens is 3. The van der Waals surface area contributed by atoms with E-state index in [-0.39, 0.29) is 11.7 Å². The average Bonchev–Trinajstić information content (AvgIpc) is 3.42. The van der Waals surface area contributed by atoms with Crippen molar-refractivity contribution in [2.45, 2.75) is 44.9 Å². The molecule has 2 N–H and O–H groups in total. The van der Waals surface area contributed by atoms with E-state index in [0.29, 0.717) is 35.2 Å². The van der Waals surface area contributed by atoms with Crippen molar-refractivity contribution < 1.29 is 27.1 Å². The Morgan fingerprint density at radius 3 is 2.56 bits per heavy atom. The van der Waals surface area contributed by atoms with Crippen LogP contribution in [-0.4, -0.2) is 28.8 Å². The molecule has 0 radical (unpaired) electrons. The van der Waals surface area contributed by atoms with Crippen molar-refractivity contribution in [1.82, 2.24) is 15.3 Å². The summed E-state index contributed by atoms with van der Waals surface area (Å²) in [6.45, 7) is 2.39. The maximum atomic E-state index is 12.9. The minimum absolute atomic E-state index is 0.213. The number of carbonyl (C=O) groups is 1. The summed E-state index contributed by atoms with van der Waals surface area (Å²) >= 11 is 0. The molecular formula is C23H24F3N3O3. The van der Waals surface area contributed by atoms with Gasteiger partial charge >= 0.3 is 6.36 Å². The quantitative estimate of drug-likeness (QED) is 0.517. The molecule has 32 heavy (non-hydrogen) atoms. The molecule has 1 saturated carbocycles. The van der Waals surface area contributed by atoms with Crippen LogP contribution in [0.25, 0.3) is 11.3 Å². The smallest absolute Gasteiger partial charge is 0.449 e. The number of ether oxygens (including phenoxy) is 1. The van der Waals surface area contributed by atoms with Crippen molar-refractivity contribution in [1.29, 1.82) is 0 Å². The molecule has 1 fully saturated rings. The summed E-state index contributed by atoms with van der Waals surface area (Å²) in [6.07, 6.45) is 2.41. The number of carbonyl (C=O) groups excluding carboxylic acids is 1. The van der Waals surface area contributed by atoms with E-state index in [4.69, 9.17) is 4.42 Å². The van der Waals surface area contributed by atoms with Gasteiger partial charge in [-0.25, -0.2) is 4.98 Å². The number of nitrogens with one attached hydrogen (secondary N) is 2. The molecule has 2 aromatic heterocycles. The topological polar surface area (TPSA) is 80.2 Å². The van der Waals surface area contributed by atoms with Crippen molar-refractivity contribution in [3.05, 3.63) is 59.9 Å². The standard InChI is InChI=1S/C23H24F3N3O3/c1-14-12-19(20(29-14)16-6-8-18(9-7-16)32-23(24,25)26)21(30)28-13-15-2-4-17(5-3-15)22-27-10-11-31-22/h6-12,15,17,29H,2-5,13H2,1H3,(H,28,30). The van der Waals surface area contributed by atoms with E-state index in [1.165, 1.54) is 24.3 Å². The lowest BCUT2D eigenvalue weighted by Gasteiger charge is -2.26. The molecule has 9 heteroatoms. The van der Waals surface area contributed by atoms with Crippen molar-refractivity contribution in [3.63, 3.8) is 0 Å². The van der Waals surface area contributed by atoms with Gasteiger partial charge in [-0.15, -0.1) is 13.2 Å². The Kier molecular flexibility index (Phi) is 6.25. The van der Waals surface area contributed by atoms with Gasteiger partial charge in [0.1, 0.15) is 12.0 Å². The maximum Gasteiger partial charge on any atom is 0.573 e. The Morgan fingerprint density at radius 1 is 1.22 bits per heavy atom. The second-order valence-corrected chi connectivity index (χ2v) is 8.11. The summed E-state index contributed by atoms with van der Waals surface area (Å²) in [7, 11) is 0. The molecule has 1 aliphatic rings. The number of nitrogens with zero attached hydrogens (tertiary/aromatic N) is 1. The van der Waals surface area contributed by atoms with E-state index in [0.717, 1.165) is 37.3 Å². The van der Waals surface area contributed by atoms with Gasteiger partial charge < -0.3 is 19.5 Å². The summed E-state index contributed by atoms with van der Waals surface area (Å²) < 4.78 is 46.5. The zero-order valence-electron chi connectivity index (χ0n) is 17.5. The third-order valence-electron chi connectivity index (χ3n) is 5.77. The van der Waals surface area contributed by atoms with Gasteiger partial charge in [0.05, 0.1) is 17.5 Å². The van der Waals surface area contributed by atoms with Gasteiger partial charge in [0.15, 0.2) is 5.89 Å². The number of aromatic nitrogens is 2. The summed E-state index contributed by atoms with van der Waals surface area (Å²) in [6, 6.07) is 7.18. The van der Waals surface area contributed by atoms with Crippen LogP contribution in [0.15, 0.2) is 47.2 Å². The first kappa shape index (κ1) is 22.0. The van der Waals surface area contributed by atoms with Gasteiger partial charge in [-0.2, -0.15) is 0 Å². The van der Waals surface area contributed by atoms with Crippen LogP contribution >= 0.6 is 0 Å². The highest BCUT2D eigenvalue weighted by molar-refractivity contribution is 6.00. The van der Waals surface area contributed by atoms with E-state index < -0.39 is 6.36 Å². The number of amides is 1. The number of benzene rings is 1. The second kappa shape index (κ2) is 9.10. The van der Waals surface area contributed by atoms with Crippen LogP contribution in [0.5, 0.6) is 5.75 Å². The van der Waals surface area contributed by atoms with Crippen LogP contribution in [0.1, 0.15) is 53.5 Å². The third-order valence-corrected chi connectivity index (χ3v) is 5.77.